The Labute approximate surface area is 113 Å². The number of carbonyl (C=O) groups excluding carboxylic acids is 1. The Hall–Kier alpha value is -1.63. The first-order valence-corrected chi connectivity index (χ1v) is 6.18. The van der Waals surface area contributed by atoms with Gasteiger partial charge in [0.2, 0.25) is 0 Å². The van der Waals surface area contributed by atoms with Crippen molar-refractivity contribution in [3.05, 3.63) is 29.6 Å². The van der Waals surface area contributed by atoms with Crippen molar-refractivity contribution in [1.82, 2.24) is 4.90 Å². The molecule has 0 unspecified atom stereocenters. The molecule has 0 bridgehead atoms. The summed E-state index contributed by atoms with van der Waals surface area (Å²) < 4.78 is 50.6. The van der Waals surface area contributed by atoms with Gasteiger partial charge < -0.3 is 4.90 Å². The van der Waals surface area contributed by atoms with Crippen molar-refractivity contribution < 1.29 is 22.4 Å². The van der Waals surface area contributed by atoms with Crippen LogP contribution in [0.1, 0.15) is 10.4 Å². The van der Waals surface area contributed by atoms with Crippen LogP contribution in [0.3, 0.4) is 0 Å². The lowest BCUT2D eigenvalue weighted by Crippen LogP contribution is -2.49. The van der Waals surface area contributed by atoms with Crippen molar-refractivity contribution in [2.24, 2.45) is 0 Å². The maximum absolute atomic E-state index is 13.8. The average Bonchev–Trinajstić information content (AvgIpc) is 2.38. The minimum atomic E-state index is -4.21. The fourth-order valence-corrected chi connectivity index (χ4v) is 2.25. The van der Waals surface area contributed by atoms with Crippen LogP contribution in [0.15, 0.2) is 18.2 Å². The summed E-state index contributed by atoms with van der Waals surface area (Å²) in [6.45, 7) is 0.178. The first-order valence-electron chi connectivity index (χ1n) is 6.18. The standard InChI is InChI=1S/C13H14F4N2O/c14-11-7-10(8-20)1-2-12(11)19-5-3-18(4-6-19)9-13(15,16)17/h1-2,7-8H,3-6,9H2. The quantitative estimate of drug-likeness (QED) is 0.630. The first-order chi connectivity index (χ1) is 9.39. The molecule has 7 heteroatoms. The Morgan fingerprint density at radius 2 is 1.80 bits per heavy atom. The van der Waals surface area contributed by atoms with Crippen LogP contribution >= 0.6 is 0 Å². The van der Waals surface area contributed by atoms with E-state index in [1.807, 2.05) is 0 Å². The molecule has 1 aliphatic heterocycles. The van der Waals surface area contributed by atoms with Gasteiger partial charge >= 0.3 is 6.18 Å². The summed E-state index contributed by atoms with van der Waals surface area (Å²) in [4.78, 5) is 13.5. The molecule has 0 saturated carbocycles. The molecule has 110 valence electrons. The molecular formula is C13H14F4N2O. The van der Waals surface area contributed by atoms with Gasteiger partial charge in [-0.1, -0.05) is 0 Å². The van der Waals surface area contributed by atoms with Crippen molar-refractivity contribution in [2.75, 3.05) is 37.6 Å². The largest absolute Gasteiger partial charge is 0.401 e. The zero-order chi connectivity index (χ0) is 14.8. The van der Waals surface area contributed by atoms with E-state index < -0.39 is 18.5 Å². The predicted molar refractivity (Wildman–Crippen MR) is 66.5 cm³/mol. The minimum absolute atomic E-state index is 0.231. The number of alkyl halides is 3. The normalized spacial score (nSPS) is 17.3. The predicted octanol–water partition coefficient (Wildman–Crippen LogP) is 2.32. The van der Waals surface area contributed by atoms with E-state index in [-0.39, 0.29) is 18.7 Å². The highest BCUT2D eigenvalue weighted by atomic mass is 19.4. The number of anilines is 1. The van der Waals surface area contributed by atoms with Crippen LogP contribution in [0.4, 0.5) is 23.2 Å². The fraction of sp³-hybridized carbons (Fsp3) is 0.462. The summed E-state index contributed by atoms with van der Waals surface area (Å²) in [6, 6.07) is 4.11. The van der Waals surface area contributed by atoms with E-state index in [0.717, 1.165) is 6.07 Å². The van der Waals surface area contributed by atoms with Gasteiger partial charge in [-0.05, 0) is 18.2 Å². The number of nitrogens with zero attached hydrogens (tertiary/aromatic N) is 2. The van der Waals surface area contributed by atoms with Crippen LogP contribution in [-0.4, -0.2) is 50.1 Å². The Bertz CT molecular complexity index is 482. The molecule has 1 aliphatic rings. The summed E-state index contributed by atoms with van der Waals surface area (Å²) >= 11 is 0. The Morgan fingerprint density at radius 3 is 2.30 bits per heavy atom. The fourth-order valence-electron chi connectivity index (χ4n) is 2.25. The maximum Gasteiger partial charge on any atom is 0.401 e. The van der Waals surface area contributed by atoms with Crippen LogP contribution in [0.2, 0.25) is 0 Å². The molecule has 1 heterocycles. The monoisotopic (exact) mass is 290 g/mol. The van der Waals surface area contributed by atoms with Crippen molar-refractivity contribution >= 4 is 12.0 Å². The van der Waals surface area contributed by atoms with Crippen LogP contribution < -0.4 is 4.90 Å². The number of piperazine rings is 1. The number of hydrogen-bond donors (Lipinski definition) is 0. The zero-order valence-corrected chi connectivity index (χ0v) is 10.7. The second-order valence-corrected chi connectivity index (χ2v) is 4.71. The van der Waals surface area contributed by atoms with E-state index in [9.17, 15) is 22.4 Å². The van der Waals surface area contributed by atoms with Gasteiger partial charge in [0.25, 0.3) is 0 Å². The van der Waals surface area contributed by atoms with Gasteiger partial charge in [0.1, 0.15) is 12.1 Å². The molecule has 1 aromatic carbocycles. The zero-order valence-electron chi connectivity index (χ0n) is 10.7. The molecule has 0 spiro atoms. The number of carbonyl (C=O) groups is 1. The lowest BCUT2D eigenvalue weighted by Gasteiger charge is -2.36. The van der Waals surface area contributed by atoms with Crippen LogP contribution in [0, 0.1) is 5.82 Å². The number of rotatable bonds is 3. The van der Waals surface area contributed by atoms with E-state index >= 15 is 0 Å². The van der Waals surface area contributed by atoms with E-state index in [1.165, 1.54) is 17.0 Å². The van der Waals surface area contributed by atoms with Gasteiger partial charge in [0.15, 0.2) is 0 Å². The summed E-state index contributed by atoms with van der Waals surface area (Å²) in [5.74, 6) is -0.529. The molecule has 3 nitrogen and oxygen atoms in total. The molecular weight excluding hydrogens is 276 g/mol. The van der Waals surface area contributed by atoms with Gasteiger partial charge in [-0.2, -0.15) is 13.2 Å². The molecule has 0 atom stereocenters. The Morgan fingerprint density at radius 1 is 1.15 bits per heavy atom. The smallest absolute Gasteiger partial charge is 0.367 e. The van der Waals surface area contributed by atoms with Crippen molar-refractivity contribution in [3.63, 3.8) is 0 Å². The van der Waals surface area contributed by atoms with E-state index in [1.54, 1.807) is 4.90 Å². The highest BCUT2D eigenvalue weighted by molar-refractivity contribution is 5.76. The highest BCUT2D eigenvalue weighted by Gasteiger charge is 2.32. The number of benzene rings is 1. The van der Waals surface area contributed by atoms with Crippen LogP contribution in [-0.2, 0) is 0 Å². The number of hydrogen-bond acceptors (Lipinski definition) is 3. The first kappa shape index (κ1) is 14.8. The van der Waals surface area contributed by atoms with Crippen molar-refractivity contribution in [1.29, 1.82) is 0 Å². The van der Waals surface area contributed by atoms with Crippen LogP contribution in [0.25, 0.3) is 0 Å². The molecule has 1 aromatic rings. The second kappa shape index (κ2) is 5.78. The summed E-state index contributed by atoms with van der Waals surface area (Å²) in [7, 11) is 0. The molecule has 1 saturated heterocycles. The molecule has 0 aromatic heterocycles. The van der Waals surface area contributed by atoms with E-state index in [0.29, 0.717) is 25.1 Å². The van der Waals surface area contributed by atoms with Crippen molar-refractivity contribution in [2.45, 2.75) is 6.18 Å². The van der Waals surface area contributed by atoms with Gasteiger partial charge in [-0.3, -0.25) is 9.69 Å². The average molecular weight is 290 g/mol. The Balaban J connectivity index is 1.98. The molecule has 2 rings (SSSR count). The van der Waals surface area contributed by atoms with Gasteiger partial charge in [-0.25, -0.2) is 4.39 Å². The minimum Gasteiger partial charge on any atom is -0.367 e. The third kappa shape index (κ3) is 3.69. The lowest BCUT2D eigenvalue weighted by molar-refractivity contribution is -0.146. The highest BCUT2D eigenvalue weighted by Crippen LogP contribution is 2.23. The molecule has 1 fully saturated rings. The topological polar surface area (TPSA) is 23.6 Å². The Kier molecular flexibility index (Phi) is 4.27. The van der Waals surface area contributed by atoms with E-state index in [2.05, 4.69) is 0 Å². The lowest BCUT2D eigenvalue weighted by atomic mass is 10.2. The molecule has 0 aliphatic carbocycles. The summed E-state index contributed by atoms with van der Waals surface area (Å²) in [5, 5.41) is 0. The van der Waals surface area contributed by atoms with E-state index in [4.69, 9.17) is 0 Å². The molecule has 20 heavy (non-hydrogen) atoms. The molecule has 0 N–H and O–H groups in total. The second-order valence-electron chi connectivity index (χ2n) is 4.71. The molecule has 0 radical (unpaired) electrons. The summed E-state index contributed by atoms with van der Waals surface area (Å²) in [6.07, 6.45) is -3.66. The van der Waals surface area contributed by atoms with Crippen LogP contribution in [0.5, 0.6) is 0 Å². The maximum atomic E-state index is 13.8. The van der Waals surface area contributed by atoms with Gasteiger partial charge in [-0.15, -0.1) is 0 Å². The van der Waals surface area contributed by atoms with Gasteiger partial charge in [0, 0.05) is 31.7 Å². The van der Waals surface area contributed by atoms with Crippen molar-refractivity contribution in [3.8, 4) is 0 Å². The van der Waals surface area contributed by atoms with Gasteiger partial charge in [0.05, 0.1) is 12.2 Å². The SMILES string of the molecule is O=Cc1ccc(N2CCN(CC(F)(F)F)CC2)c(F)c1. The third-order valence-corrected chi connectivity index (χ3v) is 3.22. The number of aldehydes is 1. The number of halogens is 4. The summed E-state index contributed by atoms with van der Waals surface area (Å²) in [5.41, 5.74) is 0.559. The third-order valence-electron chi connectivity index (χ3n) is 3.22. The molecule has 0 amide bonds.